The molecule has 1 atom stereocenters. The van der Waals surface area contributed by atoms with E-state index in [0.29, 0.717) is 18.9 Å². The minimum absolute atomic E-state index is 0. The summed E-state index contributed by atoms with van der Waals surface area (Å²) in [7, 11) is 0. The number of carbonyl (C=O) groups excluding carboxylic acids is 1. The molecule has 0 aliphatic rings. The minimum Gasteiger partial charge on any atom is -0.465 e. The lowest BCUT2D eigenvalue weighted by molar-refractivity contribution is -0.149. The number of esters is 1. The van der Waals surface area contributed by atoms with Gasteiger partial charge in [-0.15, -0.1) is 12.4 Å². The number of rotatable bonds is 5. The average Bonchev–Trinajstić information content (AvgIpc) is 2.00. The van der Waals surface area contributed by atoms with Gasteiger partial charge in [-0.2, -0.15) is 5.48 Å². The predicted molar refractivity (Wildman–Crippen MR) is 52.0 cm³/mol. The molecule has 0 bridgehead atoms. The summed E-state index contributed by atoms with van der Waals surface area (Å²) in [5, 5.41) is 8.62. The van der Waals surface area contributed by atoms with Gasteiger partial charge in [0.1, 0.15) is 6.04 Å². The molecule has 2 N–H and O–H groups in total. The van der Waals surface area contributed by atoms with Gasteiger partial charge < -0.3 is 9.94 Å². The van der Waals surface area contributed by atoms with Gasteiger partial charge in [-0.25, -0.2) is 0 Å². The van der Waals surface area contributed by atoms with E-state index in [2.05, 4.69) is 0 Å². The van der Waals surface area contributed by atoms with Crippen LogP contribution < -0.4 is 5.48 Å². The number of hydrogen-bond acceptors (Lipinski definition) is 4. The van der Waals surface area contributed by atoms with Crippen LogP contribution in [0.25, 0.3) is 0 Å². The van der Waals surface area contributed by atoms with Crippen molar-refractivity contribution < 1.29 is 14.7 Å². The lowest BCUT2D eigenvalue weighted by atomic mass is 10.0. The zero-order valence-electron chi connectivity index (χ0n) is 8.24. The third kappa shape index (κ3) is 6.81. The molecular formula is C8H18ClNO3. The van der Waals surface area contributed by atoms with Crippen molar-refractivity contribution in [2.45, 2.75) is 33.2 Å². The molecule has 0 saturated carbocycles. The topological polar surface area (TPSA) is 58.6 Å². The largest absolute Gasteiger partial charge is 0.465 e. The van der Waals surface area contributed by atoms with E-state index in [1.54, 1.807) is 6.92 Å². The van der Waals surface area contributed by atoms with Gasteiger partial charge in [0.2, 0.25) is 0 Å². The first kappa shape index (κ1) is 15.2. The van der Waals surface area contributed by atoms with Gasteiger partial charge in [-0.3, -0.25) is 4.79 Å². The van der Waals surface area contributed by atoms with Crippen LogP contribution in [0.5, 0.6) is 0 Å². The second-order valence-electron chi connectivity index (χ2n) is 3.06. The number of hydrogen-bond donors (Lipinski definition) is 2. The van der Waals surface area contributed by atoms with Crippen LogP contribution in [0.15, 0.2) is 0 Å². The molecule has 0 rings (SSSR count). The summed E-state index contributed by atoms with van der Waals surface area (Å²) in [4.78, 5) is 11.1. The van der Waals surface area contributed by atoms with Crippen LogP contribution >= 0.6 is 12.4 Å². The third-order valence-electron chi connectivity index (χ3n) is 1.43. The van der Waals surface area contributed by atoms with E-state index in [1.807, 2.05) is 19.3 Å². The van der Waals surface area contributed by atoms with E-state index in [4.69, 9.17) is 9.94 Å². The Morgan fingerprint density at radius 2 is 2.08 bits per heavy atom. The SMILES string of the molecule is CCOC(=O)[C@H](CC(C)C)NO.Cl. The van der Waals surface area contributed by atoms with Gasteiger partial charge in [0.05, 0.1) is 6.61 Å². The highest BCUT2D eigenvalue weighted by atomic mass is 35.5. The first-order chi connectivity index (χ1) is 5.61. The van der Waals surface area contributed by atoms with Crippen molar-refractivity contribution in [1.29, 1.82) is 0 Å². The second-order valence-corrected chi connectivity index (χ2v) is 3.06. The van der Waals surface area contributed by atoms with Crippen molar-refractivity contribution in [3.63, 3.8) is 0 Å². The first-order valence-electron chi connectivity index (χ1n) is 4.18. The van der Waals surface area contributed by atoms with Gasteiger partial charge in [0.15, 0.2) is 0 Å². The highest BCUT2D eigenvalue weighted by Crippen LogP contribution is 2.05. The summed E-state index contributed by atoms with van der Waals surface area (Å²) in [5.74, 6) is -0.0484. The van der Waals surface area contributed by atoms with Crippen LogP contribution in [0.2, 0.25) is 0 Å². The van der Waals surface area contributed by atoms with Crippen LogP contribution in [0.1, 0.15) is 27.2 Å². The highest BCUT2D eigenvalue weighted by Gasteiger charge is 2.19. The van der Waals surface area contributed by atoms with Crippen molar-refractivity contribution in [1.82, 2.24) is 5.48 Å². The molecule has 0 fully saturated rings. The van der Waals surface area contributed by atoms with E-state index in [1.165, 1.54) is 0 Å². The lowest BCUT2D eigenvalue weighted by Gasteiger charge is -2.14. The summed E-state index contributed by atoms with van der Waals surface area (Å²) in [6.07, 6.45) is 0.579. The minimum atomic E-state index is -0.593. The fourth-order valence-electron chi connectivity index (χ4n) is 0.916. The smallest absolute Gasteiger partial charge is 0.325 e. The van der Waals surface area contributed by atoms with Crippen molar-refractivity contribution >= 4 is 18.4 Å². The molecule has 0 aliphatic heterocycles. The van der Waals surface area contributed by atoms with E-state index >= 15 is 0 Å². The first-order valence-corrected chi connectivity index (χ1v) is 4.18. The van der Waals surface area contributed by atoms with Crippen LogP contribution in [-0.4, -0.2) is 23.8 Å². The van der Waals surface area contributed by atoms with Gasteiger partial charge in [-0.1, -0.05) is 13.8 Å². The Morgan fingerprint density at radius 3 is 2.38 bits per heavy atom. The number of halogens is 1. The van der Waals surface area contributed by atoms with Gasteiger partial charge in [-0.05, 0) is 19.3 Å². The number of ether oxygens (including phenoxy) is 1. The maximum Gasteiger partial charge on any atom is 0.325 e. The normalized spacial score (nSPS) is 12.1. The fourth-order valence-corrected chi connectivity index (χ4v) is 0.916. The Bertz CT molecular complexity index is 141. The molecule has 0 aromatic carbocycles. The van der Waals surface area contributed by atoms with Gasteiger partial charge >= 0.3 is 5.97 Å². The fraction of sp³-hybridized carbons (Fsp3) is 0.875. The van der Waals surface area contributed by atoms with Crippen molar-refractivity contribution in [2.75, 3.05) is 6.61 Å². The summed E-state index contributed by atoms with van der Waals surface area (Å²) >= 11 is 0. The summed E-state index contributed by atoms with van der Waals surface area (Å²) in [5.41, 5.74) is 1.94. The Hall–Kier alpha value is -0.320. The summed E-state index contributed by atoms with van der Waals surface area (Å²) < 4.78 is 4.73. The summed E-state index contributed by atoms with van der Waals surface area (Å²) in [6.45, 7) is 6.03. The molecule has 80 valence electrons. The van der Waals surface area contributed by atoms with Gasteiger partial charge in [0.25, 0.3) is 0 Å². The molecule has 0 aliphatic carbocycles. The Labute approximate surface area is 85.0 Å². The highest BCUT2D eigenvalue weighted by molar-refractivity contribution is 5.85. The van der Waals surface area contributed by atoms with E-state index in [9.17, 15) is 4.79 Å². The molecule has 4 nitrogen and oxygen atoms in total. The quantitative estimate of drug-likeness (QED) is 0.533. The molecule has 0 aromatic rings. The zero-order valence-corrected chi connectivity index (χ0v) is 9.06. The molecule has 5 heteroatoms. The molecule has 0 radical (unpaired) electrons. The van der Waals surface area contributed by atoms with Crippen LogP contribution in [0.3, 0.4) is 0 Å². The number of nitrogens with one attached hydrogen (secondary N) is 1. The van der Waals surface area contributed by atoms with Crippen LogP contribution in [0, 0.1) is 5.92 Å². The van der Waals surface area contributed by atoms with Gasteiger partial charge in [0, 0.05) is 0 Å². The molecular weight excluding hydrogens is 194 g/mol. The Morgan fingerprint density at radius 1 is 1.54 bits per heavy atom. The number of carbonyl (C=O) groups is 1. The molecule has 0 unspecified atom stereocenters. The zero-order chi connectivity index (χ0) is 9.56. The molecule has 0 aromatic heterocycles. The molecule has 0 amide bonds. The average molecular weight is 212 g/mol. The van der Waals surface area contributed by atoms with E-state index in [-0.39, 0.29) is 12.4 Å². The van der Waals surface area contributed by atoms with Crippen molar-refractivity contribution in [3.8, 4) is 0 Å². The molecule has 13 heavy (non-hydrogen) atoms. The standard InChI is InChI=1S/C8H17NO3.ClH/c1-4-12-8(10)7(9-11)5-6(2)3;/h6-7,9,11H,4-5H2,1-3H3;1H/t7-;/m0./s1. The Kier molecular flexibility index (Phi) is 9.67. The Balaban J connectivity index is 0. The number of hydroxylamine groups is 1. The second kappa shape index (κ2) is 8.29. The molecule has 0 heterocycles. The molecule has 0 spiro atoms. The monoisotopic (exact) mass is 211 g/mol. The summed E-state index contributed by atoms with van der Waals surface area (Å²) in [6, 6.07) is -0.593. The van der Waals surface area contributed by atoms with E-state index in [0.717, 1.165) is 0 Å². The van der Waals surface area contributed by atoms with Crippen LogP contribution in [-0.2, 0) is 9.53 Å². The van der Waals surface area contributed by atoms with E-state index < -0.39 is 12.0 Å². The van der Waals surface area contributed by atoms with Crippen LogP contribution in [0.4, 0.5) is 0 Å². The maximum absolute atomic E-state index is 11.1. The van der Waals surface area contributed by atoms with Crippen molar-refractivity contribution in [2.24, 2.45) is 5.92 Å². The molecule has 0 saturated heterocycles. The third-order valence-corrected chi connectivity index (χ3v) is 1.43. The maximum atomic E-state index is 11.1. The van der Waals surface area contributed by atoms with Crippen molar-refractivity contribution in [3.05, 3.63) is 0 Å². The lowest BCUT2D eigenvalue weighted by Crippen LogP contribution is -2.37. The predicted octanol–water partition coefficient (Wildman–Crippen LogP) is 1.36.